The van der Waals surface area contributed by atoms with Gasteiger partial charge in [0, 0.05) is 37.2 Å². The van der Waals surface area contributed by atoms with Gasteiger partial charge in [-0.05, 0) is 30.3 Å². The number of methoxy groups -OCH3 is 1. The van der Waals surface area contributed by atoms with Crippen LogP contribution in [-0.4, -0.2) is 45.7 Å². The van der Waals surface area contributed by atoms with Gasteiger partial charge in [0.2, 0.25) is 5.91 Å². The molecule has 3 N–H and O–H groups in total. The topological polar surface area (TPSA) is 88.7 Å². The quantitative estimate of drug-likeness (QED) is 0.598. The van der Waals surface area contributed by atoms with Gasteiger partial charge in [-0.25, -0.2) is 0 Å². The fourth-order valence-corrected chi connectivity index (χ4v) is 2.21. The summed E-state index contributed by atoms with van der Waals surface area (Å²) in [6, 6.07) is 14.1. The Morgan fingerprint density at radius 3 is 2.54 bits per heavy atom. The maximum absolute atomic E-state index is 12.1. The Hall–Kier alpha value is -3.06. The smallest absolute Gasteiger partial charge is 0.251 e. The third-order valence-electron chi connectivity index (χ3n) is 3.48. The summed E-state index contributed by atoms with van der Waals surface area (Å²) in [6.45, 7) is 1.06. The fraction of sp³-hybridized carbons (Fsp3) is 0.263. The number of rotatable bonds is 9. The van der Waals surface area contributed by atoms with Crippen LogP contribution in [0.25, 0.3) is 0 Å². The molecule has 2 aromatic rings. The van der Waals surface area contributed by atoms with Gasteiger partial charge in [-0.1, -0.05) is 12.1 Å². The lowest BCUT2D eigenvalue weighted by Gasteiger charge is -2.10. The normalized spacial score (nSPS) is 10.1. The summed E-state index contributed by atoms with van der Waals surface area (Å²) in [6.07, 6.45) is 0. The molecule has 0 fully saturated rings. The average molecular weight is 357 g/mol. The van der Waals surface area contributed by atoms with E-state index in [2.05, 4.69) is 16.0 Å². The second-order valence-corrected chi connectivity index (χ2v) is 5.43. The minimum atomic E-state index is -0.218. The molecule has 0 heterocycles. The van der Waals surface area contributed by atoms with E-state index in [0.29, 0.717) is 30.2 Å². The molecule has 2 rings (SSSR count). The summed E-state index contributed by atoms with van der Waals surface area (Å²) < 4.78 is 10.5. The molecular weight excluding hydrogens is 334 g/mol. The van der Waals surface area contributed by atoms with E-state index in [0.717, 1.165) is 5.69 Å². The van der Waals surface area contributed by atoms with Crippen molar-refractivity contribution in [2.75, 3.05) is 44.5 Å². The van der Waals surface area contributed by atoms with Crippen LogP contribution in [-0.2, 0) is 9.53 Å². The van der Waals surface area contributed by atoms with E-state index < -0.39 is 0 Å². The van der Waals surface area contributed by atoms with E-state index in [1.807, 2.05) is 24.3 Å². The largest absolute Gasteiger partial charge is 0.491 e. The number of benzene rings is 2. The number of ether oxygens (including phenoxy) is 2. The lowest BCUT2D eigenvalue weighted by molar-refractivity contribution is -0.114. The van der Waals surface area contributed by atoms with Crippen LogP contribution in [0.5, 0.6) is 5.75 Å². The highest BCUT2D eigenvalue weighted by molar-refractivity contribution is 5.98. The van der Waals surface area contributed by atoms with Crippen LogP contribution in [0, 0.1) is 0 Å². The number of carbonyl (C=O) groups is 2. The fourth-order valence-electron chi connectivity index (χ4n) is 2.21. The highest BCUT2D eigenvalue weighted by Crippen LogP contribution is 2.17. The molecule has 0 saturated heterocycles. The first-order chi connectivity index (χ1) is 12.6. The summed E-state index contributed by atoms with van der Waals surface area (Å²) in [5.41, 5.74) is 1.82. The van der Waals surface area contributed by atoms with Crippen molar-refractivity contribution in [2.45, 2.75) is 0 Å². The summed E-state index contributed by atoms with van der Waals surface area (Å²) in [5, 5.41) is 8.35. The van der Waals surface area contributed by atoms with Crippen LogP contribution < -0.4 is 20.7 Å². The van der Waals surface area contributed by atoms with Gasteiger partial charge in [0.15, 0.2) is 0 Å². The van der Waals surface area contributed by atoms with Gasteiger partial charge in [0.05, 0.1) is 13.2 Å². The molecule has 2 amide bonds. The van der Waals surface area contributed by atoms with Crippen molar-refractivity contribution in [3.8, 4) is 5.75 Å². The molecule has 0 spiro atoms. The number of hydrogen-bond donors (Lipinski definition) is 3. The van der Waals surface area contributed by atoms with Gasteiger partial charge in [-0.15, -0.1) is 0 Å². The molecule has 0 unspecified atom stereocenters. The van der Waals surface area contributed by atoms with Crippen LogP contribution >= 0.6 is 0 Å². The van der Waals surface area contributed by atoms with Gasteiger partial charge in [-0.3, -0.25) is 9.59 Å². The molecule has 0 radical (unpaired) electrons. The molecule has 0 bridgehead atoms. The van der Waals surface area contributed by atoms with Gasteiger partial charge in [0.1, 0.15) is 12.4 Å². The summed E-state index contributed by atoms with van der Waals surface area (Å²) in [7, 11) is 3.18. The average Bonchev–Trinajstić information content (AvgIpc) is 2.66. The van der Waals surface area contributed by atoms with Crippen molar-refractivity contribution in [1.82, 2.24) is 5.32 Å². The molecule has 26 heavy (non-hydrogen) atoms. The molecule has 0 aliphatic heterocycles. The van der Waals surface area contributed by atoms with Gasteiger partial charge in [0.25, 0.3) is 5.91 Å². The minimum absolute atomic E-state index is 0.0890. The van der Waals surface area contributed by atoms with Crippen LogP contribution in [0.1, 0.15) is 10.4 Å². The zero-order chi connectivity index (χ0) is 18.8. The highest BCUT2D eigenvalue weighted by Gasteiger charge is 2.07. The number of hydrogen-bond acceptors (Lipinski definition) is 5. The van der Waals surface area contributed by atoms with E-state index in [1.165, 1.54) is 0 Å². The van der Waals surface area contributed by atoms with Crippen molar-refractivity contribution < 1.29 is 19.1 Å². The van der Waals surface area contributed by atoms with Crippen molar-refractivity contribution >= 4 is 23.2 Å². The second kappa shape index (κ2) is 10.0. The van der Waals surface area contributed by atoms with Crippen molar-refractivity contribution in [1.29, 1.82) is 0 Å². The highest BCUT2D eigenvalue weighted by atomic mass is 16.5. The third kappa shape index (κ3) is 6.10. The number of amides is 2. The molecule has 0 atom stereocenters. The molecule has 7 nitrogen and oxygen atoms in total. The standard InChI is InChI=1S/C19H23N3O4/c1-20-19(24)14-5-3-7-16(11-14)22-18(23)13-21-15-6-4-8-17(12-15)26-10-9-25-2/h3-8,11-12,21H,9-10,13H2,1-2H3,(H,20,24)(H,22,23). The maximum atomic E-state index is 12.1. The Labute approximate surface area is 152 Å². The Kier molecular flexibility index (Phi) is 7.45. The Bertz CT molecular complexity index is 749. The van der Waals surface area contributed by atoms with Crippen LogP contribution in [0.3, 0.4) is 0 Å². The van der Waals surface area contributed by atoms with Gasteiger partial charge in [-0.2, -0.15) is 0 Å². The predicted octanol–water partition coefficient (Wildman–Crippen LogP) is 2.12. The molecule has 2 aromatic carbocycles. The maximum Gasteiger partial charge on any atom is 0.251 e. The molecule has 0 saturated carbocycles. The minimum Gasteiger partial charge on any atom is -0.491 e. The van der Waals surface area contributed by atoms with Gasteiger partial charge >= 0.3 is 0 Å². The first kappa shape index (κ1) is 19.3. The van der Waals surface area contributed by atoms with Crippen molar-refractivity contribution in [3.05, 3.63) is 54.1 Å². The lowest BCUT2D eigenvalue weighted by atomic mass is 10.2. The second-order valence-electron chi connectivity index (χ2n) is 5.43. The Balaban J connectivity index is 1.87. The van der Waals surface area contributed by atoms with Gasteiger partial charge < -0.3 is 25.4 Å². The SMILES string of the molecule is CNC(=O)c1cccc(NC(=O)CNc2cccc(OCCOC)c2)c1. The molecular formula is C19H23N3O4. The third-order valence-corrected chi connectivity index (χ3v) is 3.48. The number of anilines is 2. The summed E-state index contributed by atoms with van der Waals surface area (Å²) in [4.78, 5) is 23.7. The predicted molar refractivity (Wildman–Crippen MR) is 101 cm³/mol. The number of carbonyl (C=O) groups excluding carboxylic acids is 2. The van der Waals surface area contributed by atoms with E-state index in [9.17, 15) is 9.59 Å². The van der Waals surface area contributed by atoms with E-state index in [-0.39, 0.29) is 18.4 Å². The zero-order valence-corrected chi connectivity index (χ0v) is 14.9. The van der Waals surface area contributed by atoms with Crippen molar-refractivity contribution in [2.24, 2.45) is 0 Å². The van der Waals surface area contributed by atoms with Crippen molar-refractivity contribution in [3.63, 3.8) is 0 Å². The molecule has 0 aromatic heterocycles. The summed E-state index contributed by atoms with van der Waals surface area (Å²) >= 11 is 0. The molecule has 138 valence electrons. The lowest BCUT2D eigenvalue weighted by Crippen LogP contribution is -2.22. The zero-order valence-electron chi connectivity index (χ0n) is 14.9. The van der Waals surface area contributed by atoms with E-state index in [4.69, 9.17) is 9.47 Å². The monoisotopic (exact) mass is 357 g/mol. The van der Waals surface area contributed by atoms with Crippen LogP contribution in [0.2, 0.25) is 0 Å². The Morgan fingerprint density at radius 1 is 1.00 bits per heavy atom. The number of nitrogens with one attached hydrogen (secondary N) is 3. The van der Waals surface area contributed by atoms with E-state index in [1.54, 1.807) is 38.4 Å². The molecule has 0 aliphatic rings. The van der Waals surface area contributed by atoms with Crippen LogP contribution in [0.15, 0.2) is 48.5 Å². The summed E-state index contributed by atoms with van der Waals surface area (Å²) in [5.74, 6) is 0.278. The Morgan fingerprint density at radius 2 is 1.77 bits per heavy atom. The first-order valence-corrected chi connectivity index (χ1v) is 8.20. The van der Waals surface area contributed by atoms with E-state index >= 15 is 0 Å². The molecule has 7 heteroatoms. The van der Waals surface area contributed by atoms with Crippen LogP contribution in [0.4, 0.5) is 11.4 Å². The first-order valence-electron chi connectivity index (χ1n) is 8.20. The molecule has 0 aliphatic carbocycles.